The lowest BCUT2D eigenvalue weighted by molar-refractivity contribution is -0.287. The fourth-order valence-corrected chi connectivity index (χ4v) is 9.12. The van der Waals surface area contributed by atoms with Gasteiger partial charge in [-0.1, -0.05) is 0 Å². The maximum absolute atomic E-state index is 15.1. The van der Waals surface area contributed by atoms with Crippen LogP contribution in [0.25, 0.3) is 11.1 Å². The molecule has 4 aliphatic heterocycles. The van der Waals surface area contributed by atoms with Crippen LogP contribution in [0.15, 0.2) is 36.4 Å². The Bertz CT molecular complexity index is 3580. The summed E-state index contributed by atoms with van der Waals surface area (Å²) >= 11 is 0. The minimum absolute atomic E-state index is 0.234. The molecule has 0 unspecified atom stereocenters. The minimum atomic E-state index is -2.72. The van der Waals surface area contributed by atoms with Crippen molar-refractivity contribution in [2.45, 2.75) is 49.1 Å². The third-order valence-corrected chi connectivity index (χ3v) is 12.8. The van der Waals surface area contributed by atoms with Crippen molar-refractivity contribution in [3.05, 3.63) is 69.8 Å². The van der Waals surface area contributed by atoms with Crippen LogP contribution in [-0.4, -0.2) is 173 Å². The van der Waals surface area contributed by atoms with Crippen LogP contribution < -0.4 is 9.47 Å². The molecule has 32 heteroatoms. The Morgan fingerprint density at radius 1 is 0.550 bits per heavy atom. The van der Waals surface area contributed by atoms with E-state index in [4.69, 9.17) is 37.9 Å². The molecule has 4 bridgehead atoms. The van der Waals surface area contributed by atoms with Crippen LogP contribution in [0.2, 0.25) is 0 Å². The van der Waals surface area contributed by atoms with Crippen LogP contribution in [0.4, 0.5) is 0 Å². The molecule has 0 aromatic heterocycles. The number of carbonyl (C=O) groups excluding carboxylic acids is 6. The number of hydrogen-bond donors (Lipinski definition) is 16. The van der Waals surface area contributed by atoms with Gasteiger partial charge in [-0.25, -0.2) is 28.8 Å². The summed E-state index contributed by atoms with van der Waals surface area (Å²) in [4.78, 5) is 111. The van der Waals surface area contributed by atoms with E-state index in [9.17, 15) is 115 Å². The number of fused-ring (bicyclic) bond motifs is 3. The highest BCUT2D eigenvalue weighted by Crippen LogP contribution is 2.57. The Labute approximate surface area is 439 Å². The lowest BCUT2D eigenvalue weighted by Gasteiger charge is -2.44. The Balaban J connectivity index is 1.30. The number of ether oxygens (including phenoxy) is 8. The molecule has 80 heavy (non-hydrogen) atoms. The maximum Gasteiger partial charge on any atom is 0.341 e. The van der Waals surface area contributed by atoms with E-state index in [1.165, 1.54) is 0 Å². The molecule has 0 spiro atoms. The number of phenols is 13. The van der Waals surface area contributed by atoms with Crippen molar-refractivity contribution >= 4 is 47.8 Å². The summed E-state index contributed by atoms with van der Waals surface area (Å²) in [6, 6.07) is 2.31. The van der Waals surface area contributed by atoms with Crippen molar-refractivity contribution in [2.24, 2.45) is 5.92 Å². The van der Waals surface area contributed by atoms with Crippen LogP contribution in [0.5, 0.6) is 92.0 Å². The van der Waals surface area contributed by atoms with E-state index in [-0.39, 0.29) is 6.07 Å². The number of phenolic OH excluding ortho intramolecular Hbond substituents is 13. The first-order valence-electron chi connectivity index (χ1n) is 22.3. The lowest BCUT2D eigenvalue weighted by atomic mass is 9.76. The van der Waals surface area contributed by atoms with Crippen LogP contribution in [0.3, 0.4) is 0 Å². The van der Waals surface area contributed by atoms with E-state index in [1.54, 1.807) is 0 Å². The maximum atomic E-state index is 15.1. The van der Waals surface area contributed by atoms with Gasteiger partial charge in [-0.2, -0.15) is 0 Å². The zero-order valence-corrected chi connectivity index (χ0v) is 39.2. The number of aromatic carboxylic acids is 1. The standard InChI is InChI=1S/C48H34O32/c49-15-1-9(2-16(50)27(15)57)42(67)80-48-40-39-37(76-46(71)13(7-22(55)56)25-26-12(45(70)79-40)4-19(53)30(60)38(26)77-47(72)33(25)63)21(74-48)8-73-43(68)10-3-17(51)28(58)31(61)23(10)24-11(44(69)78-39)5-20(54)36(32(24)62)75-35-14(41(65)66)6-18(52)29(59)34(35)64/h1-6,13,21,25,33,37,39-40,48-54,57-64H,7-8H2,(H,55,56)(H,65,66)/t13-,21+,25-,33-,37+,39-,40+,48-/m0/s1. The molecule has 5 aromatic carbocycles. The van der Waals surface area contributed by atoms with Crippen molar-refractivity contribution < 1.29 is 158 Å². The highest BCUT2D eigenvalue weighted by atomic mass is 16.7. The van der Waals surface area contributed by atoms with Gasteiger partial charge in [-0.15, -0.1) is 0 Å². The normalized spacial score (nSPS) is 22.3. The van der Waals surface area contributed by atoms with Gasteiger partial charge in [0.05, 0.1) is 34.6 Å². The number of aliphatic hydroxyl groups is 1. The number of benzene rings is 5. The van der Waals surface area contributed by atoms with Crippen LogP contribution in [0.1, 0.15) is 69.7 Å². The molecular formula is C48H34O32. The summed E-state index contributed by atoms with van der Waals surface area (Å²) in [5, 5.41) is 171. The minimum Gasteiger partial charge on any atom is -0.504 e. The van der Waals surface area contributed by atoms with Crippen molar-refractivity contribution in [3.8, 4) is 103 Å². The molecule has 5 aromatic rings. The van der Waals surface area contributed by atoms with Crippen molar-refractivity contribution in [2.75, 3.05) is 6.61 Å². The largest absolute Gasteiger partial charge is 0.504 e. The van der Waals surface area contributed by atoms with Crippen LogP contribution in [-0.2, 0) is 42.8 Å². The molecule has 9 rings (SSSR count). The second kappa shape index (κ2) is 19.5. The fourth-order valence-electron chi connectivity index (χ4n) is 9.12. The van der Waals surface area contributed by atoms with E-state index in [0.29, 0.717) is 30.3 Å². The number of aliphatic hydroxyl groups excluding tert-OH is 1. The smallest absolute Gasteiger partial charge is 0.341 e. The van der Waals surface area contributed by atoms with Gasteiger partial charge < -0.3 is 120 Å². The summed E-state index contributed by atoms with van der Waals surface area (Å²) in [6.45, 7) is -1.43. The molecule has 0 amide bonds. The summed E-state index contributed by atoms with van der Waals surface area (Å²) in [5.41, 5.74) is -9.24. The summed E-state index contributed by atoms with van der Waals surface area (Å²) in [5.74, 6) is -41.7. The van der Waals surface area contributed by atoms with Gasteiger partial charge >= 0.3 is 47.8 Å². The number of carboxylic acid groups (broad SMARTS) is 2. The molecular weight excluding hydrogens is 1090 g/mol. The highest BCUT2D eigenvalue weighted by Gasteiger charge is 2.58. The predicted molar refractivity (Wildman–Crippen MR) is 243 cm³/mol. The second-order valence-corrected chi connectivity index (χ2v) is 17.6. The molecule has 1 saturated heterocycles. The number of carboxylic acids is 2. The first-order chi connectivity index (χ1) is 37.6. The first kappa shape index (κ1) is 53.8. The molecule has 0 aliphatic carbocycles. The lowest BCUT2D eigenvalue weighted by Crippen LogP contribution is -2.63. The summed E-state index contributed by atoms with van der Waals surface area (Å²) in [7, 11) is 0. The van der Waals surface area contributed by atoms with Crippen LogP contribution >= 0.6 is 0 Å². The molecule has 32 nitrogen and oxygen atoms in total. The fraction of sp³-hybridized carbons (Fsp3) is 0.208. The van der Waals surface area contributed by atoms with Gasteiger partial charge in [0.15, 0.2) is 81.6 Å². The van der Waals surface area contributed by atoms with Gasteiger partial charge in [-0.05, 0) is 30.3 Å². The van der Waals surface area contributed by atoms with Crippen molar-refractivity contribution in [3.63, 3.8) is 0 Å². The molecule has 16 N–H and O–H groups in total. The van der Waals surface area contributed by atoms with Gasteiger partial charge in [0, 0.05) is 28.7 Å². The zero-order chi connectivity index (χ0) is 58.4. The predicted octanol–water partition coefficient (Wildman–Crippen LogP) is 0.900. The average molecular weight is 1120 g/mol. The molecule has 0 saturated carbocycles. The third kappa shape index (κ3) is 8.80. The van der Waals surface area contributed by atoms with Crippen molar-refractivity contribution in [1.29, 1.82) is 0 Å². The number of hydrogen-bond acceptors (Lipinski definition) is 30. The van der Waals surface area contributed by atoms with E-state index in [0.717, 1.165) is 0 Å². The Morgan fingerprint density at radius 2 is 1.10 bits per heavy atom. The van der Waals surface area contributed by atoms with Gasteiger partial charge in [0.25, 0.3) is 0 Å². The summed E-state index contributed by atoms with van der Waals surface area (Å²) < 4.78 is 44.5. The number of aliphatic carboxylic acids is 1. The van der Waals surface area contributed by atoms with Crippen molar-refractivity contribution in [1.82, 2.24) is 0 Å². The molecule has 1 fully saturated rings. The van der Waals surface area contributed by atoms with E-state index in [2.05, 4.69) is 0 Å². The Hall–Kier alpha value is -11.0. The second-order valence-electron chi connectivity index (χ2n) is 17.6. The molecule has 8 atom stereocenters. The Kier molecular flexibility index (Phi) is 13.1. The van der Waals surface area contributed by atoms with Crippen LogP contribution in [0, 0.1) is 5.92 Å². The van der Waals surface area contributed by atoms with Gasteiger partial charge in [0.1, 0.15) is 18.3 Å². The molecule has 418 valence electrons. The first-order valence-corrected chi connectivity index (χ1v) is 22.3. The molecule has 4 heterocycles. The number of cyclic esters (lactones) is 1. The zero-order valence-electron chi connectivity index (χ0n) is 39.2. The monoisotopic (exact) mass is 1120 g/mol. The third-order valence-electron chi connectivity index (χ3n) is 12.8. The average Bonchev–Trinajstić information content (AvgIpc) is 3.40. The van der Waals surface area contributed by atoms with E-state index < -0.39 is 246 Å². The number of esters is 6. The quantitative estimate of drug-likeness (QED) is 0.0466. The Morgan fingerprint density at radius 3 is 1.75 bits per heavy atom. The van der Waals surface area contributed by atoms with Gasteiger partial charge in [0.2, 0.25) is 41.1 Å². The summed E-state index contributed by atoms with van der Waals surface area (Å²) in [6.07, 6.45) is -17.1. The van der Waals surface area contributed by atoms with E-state index in [1.807, 2.05) is 0 Å². The number of carbonyl (C=O) groups is 8. The number of rotatable bonds is 7. The molecule has 0 radical (unpaired) electrons. The highest BCUT2D eigenvalue weighted by molar-refractivity contribution is 6.09. The molecule has 4 aliphatic rings. The topological polar surface area (TPSA) is 534 Å². The number of aromatic hydroxyl groups is 13. The van der Waals surface area contributed by atoms with Gasteiger partial charge in [-0.3, -0.25) is 9.59 Å². The SMILES string of the molecule is O=C(O)C[C@@H]1C(=O)O[C@H]2[C@@H]3OC(=O)c4cc(O)c(Oc5c(C(=O)O)cc(O)c(O)c5O)c(O)c4-c4c(cc(O)c(O)c4O)C(=O)OC[C@H]2O[C@@H](OC(=O)c2cc(O)c(O)c(O)c2)[C@@H]3OC(=O)c2cc(O)c(O)c3c2[C@H]1[C@H](O)C(=O)O3. The van der Waals surface area contributed by atoms with E-state index >= 15 is 4.79 Å².